The quantitative estimate of drug-likeness (QED) is 0.247. The molecule has 2 N–H and O–H groups in total. The third kappa shape index (κ3) is 8.57. The van der Waals surface area contributed by atoms with Gasteiger partial charge in [0.15, 0.2) is 5.96 Å². The van der Waals surface area contributed by atoms with Gasteiger partial charge in [0.2, 0.25) is 0 Å². The summed E-state index contributed by atoms with van der Waals surface area (Å²) in [5, 5.41) is 6.40. The van der Waals surface area contributed by atoms with Crippen LogP contribution < -0.4 is 15.4 Å². The maximum atomic E-state index is 13.2. The van der Waals surface area contributed by atoms with Gasteiger partial charge in [0.25, 0.3) is 0 Å². The SMILES string of the molecule is CN=C(NCCOCc1ccccc1OC)NCCc1cccc(F)c1.I. The van der Waals surface area contributed by atoms with Crippen molar-refractivity contribution in [2.75, 3.05) is 33.9 Å². The molecule has 0 spiro atoms. The number of hydrogen-bond acceptors (Lipinski definition) is 3. The van der Waals surface area contributed by atoms with Crippen LogP contribution in [0.2, 0.25) is 0 Å². The van der Waals surface area contributed by atoms with Crippen molar-refractivity contribution < 1.29 is 13.9 Å². The van der Waals surface area contributed by atoms with Crippen molar-refractivity contribution in [2.45, 2.75) is 13.0 Å². The highest BCUT2D eigenvalue weighted by molar-refractivity contribution is 14.0. The number of nitrogens with one attached hydrogen (secondary N) is 2. The van der Waals surface area contributed by atoms with E-state index in [1.54, 1.807) is 26.3 Å². The van der Waals surface area contributed by atoms with Gasteiger partial charge in [0.05, 0.1) is 20.3 Å². The number of aliphatic imine (C=N–C) groups is 1. The van der Waals surface area contributed by atoms with Crippen molar-refractivity contribution >= 4 is 29.9 Å². The molecular formula is C20H27FIN3O2. The Morgan fingerprint density at radius 2 is 1.85 bits per heavy atom. The van der Waals surface area contributed by atoms with E-state index in [1.165, 1.54) is 6.07 Å². The molecule has 0 aliphatic rings. The van der Waals surface area contributed by atoms with Crippen molar-refractivity contribution in [1.29, 1.82) is 0 Å². The van der Waals surface area contributed by atoms with Gasteiger partial charge in [-0.25, -0.2) is 4.39 Å². The Labute approximate surface area is 177 Å². The highest BCUT2D eigenvalue weighted by Crippen LogP contribution is 2.17. The van der Waals surface area contributed by atoms with Gasteiger partial charge in [-0.1, -0.05) is 30.3 Å². The van der Waals surface area contributed by atoms with Gasteiger partial charge in [-0.3, -0.25) is 4.99 Å². The van der Waals surface area contributed by atoms with Crippen LogP contribution in [0.3, 0.4) is 0 Å². The Bertz CT molecular complexity index is 713. The molecule has 7 heteroatoms. The van der Waals surface area contributed by atoms with E-state index in [0.717, 1.165) is 23.3 Å². The summed E-state index contributed by atoms with van der Waals surface area (Å²) in [7, 11) is 3.37. The zero-order valence-corrected chi connectivity index (χ0v) is 18.0. The van der Waals surface area contributed by atoms with E-state index in [0.29, 0.717) is 32.3 Å². The molecule has 0 aliphatic heterocycles. The van der Waals surface area contributed by atoms with Crippen LogP contribution in [0.25, 0.3) is 0 Å². The van der Waals surface area contributed by atoms with E-state index in [1.807, 2.05) is 30.3 Å². The molecule has 0 bridgehead atoms. The average Bonchev–Trinajstić information content (AvgIpc) is 2.66. The Morgan fingerprint density at radius 1 is 1.07 bits per heavy atom. The number of benzene rings is 2. The predicted molar refractivity (Wildman–Crippen MR) is 118 cm³/mol. The number of hydrogen-bond donors (Lipinski definition) is 2. The number of halogens is 2. The fourth-order valence-electron chi connectivity index (χ4n) is 2.48. The summed E-state index contributed by atoms with van der Waals surface area (Å²) in [6.07, 6.45) is 0.725. The number of nitrogens with zero attached hydrogens (tertiary/aromatic N) is 1. The minimum Gasteiger partial charge on any atom is -0.496 e. The highest BCUT2D eigenvalue weighted by atomic mass is 127. The zero-order valence-electron chi connectivity index (χ0n) is 15.7. The smallest absolute Gasteiger partial charge is 0.191 e. The van der Waals surface area contributed by atoms with Gasteiger partial charge in [-0.2, -0.15) is 0 Å². The van der Waals surface area contributed by atoms with Gasteiger partial charge in [0, 0.05) is 25.7 Å². The van der Waals surface area contributed by atoms with Crippen molar-refractivity contribution in [3.63, 3.8) is 0 Å². The van der Waals surface area contributed by atoms with Gasteiger partial charge < -0.3 is 20.1 Å². The Kier molecular flexibility index (Phi) is 11.4. The van der Waals surface area contributed by atoms with Crippen LogP contribution in [-0.2, 0) is 17.8 Å². The van der Waals surface area contributed by atoms with E-state index in [-0.39, 0.29) is 29.8 Å². The zero-order chi connectivity index (χ0) is 18.6. The molecule has 2 aromatic rings. The minimum atomic E-state index is -0.211. The third-order valence-electron chi connectivity index (χ3n) is 3.81. The fourth-order valence-corrected chi connectivity index (χ4v) is 2.48. The van der Waals surface area contributed by atoms with Crippen molar-refractivity contribution in [1.82, 2.24) is 10.6 Å². The van der Waals surface area contributed by atoms with Gasteiger partial charge in [-0.05, 0) is 30.2 Å². The average molecular weight is 487 g/mol. The summed E-state index contributed by atoms with van der Waals surface area (Å²) >= 11 is 0. The van der Waals surface area contributed by atoms with Crippen molar-refractivity contribution in [3.8, 4) is 5.75 Å². The molecule has 0 fully saturated rings. The summed E-state index contributed by atoms with van der Waals surface area (Å²) in [5.41, 5.74) is 1.97. The number of rotatable bonds is 9. The van der Waals surface area contributed by atoms with E-state index < -0.39 is 0 Å². The highest BCUT2D eigenvalue weighted by Gasteiger charge is 2.02. The standard InChI is InChI=1S/C20H26FN3O2.HI/c1-22-20(23-11-10-16-6-5-8-18(21)14-16)24-12-13-26-15-17-7-3-4-9-19(17)25-2;/h3-9,14H,10-13,15H2,1-2H3,(H2,22,23,24);1H. The Hall–Kier alpha value is -1.87. The molecule has 0 saturated heterocycles. The molecule has 0 aromatic heterocycles. The molecule has 2 aromatic carbocycles. The molecule has 27 heavy (non-hydrogen) atoms. The number of guanidine groups is 1. The maximum Gasteiger partial charge on any atom is 0.191 e. The van der Waals surface area contributed by atoms with Crippen LogP contribution in [0.4, 0.5) is 4.39 Å². The van der Waals surface area contributed by atoms with E-state index in [9.17, 15) is 4.39 Å². The van der Waals surface area contributed by atoms with Gasteiger partial charge in [0.1, 0.15) is 11.6 Å². The molecule has 0 saturated carbocycles. The molecule has 0 radical (unpaired) electrons. The number of ether oxygens (including phenoxy) is 2. The summed E-state index contributed by atoms with van der Waals surface area (Å²) in [4.78, 5) is 4.16. The molecule has 148 valence electrons. The van der Waals surface area contributed by atoms with E-state index >= 15 is 0 Å². The van der Waals surface area contributed by atoms with Crippen molar-refractivity contribution in [3.05, 3.63) is 65.5 Å². The normalized spacial score (nSPS) is 10.9. The van der Waals surface area contributed by atoms with Gasteiger partial charge in [-0.15, -0.1) is 24.0 Å². The molecule has 0 unspecified atom stereocenters. The number of methoxy groups -OCH3 is 1. The van der Waals surface area contributed by atoms with Crippen LogP contribution in [0, 0.1) is 5.82 Å². The van der Waals surface area contributed by atoms with Crippen LogP contribution in [-0.4, -0.2) is 39.8 Å². The first-order valence-corrected chi connectivity index (χ1v) is 8.61. The Morgan fingerprint density at radius 3 is 2.59 bits per heavy atom. The lowest BCUT2D eigenvalue weighted by Gasteiger charge is -2.13. The summed E-state index contributed by atoms with van der Waals surface area (Å²) in [5.74, 6) is 1.31. The second-order valence-electron chi connectivity index (χ2n) is 5.67. The first-order chi connectivity index (χ1) is 12.7. The first kappa shape index (κ1) is 23.2. The molecule has 5 nitrogen and oxygen atoms in total. The third-order valence-corrected chi connectivity index (χ3v) is 3.81. The van der Waals surface area contributed by atoms with Crippen LogP contribution in [0.1, 0.15) is 11.1 Å². The Balaban J connectivity index is 0.00000364. The lowest BCUT2D eigenvalue weighted by Crippen LogP contribution is -2.39. The molecule has 0 heterocycles. The largest absolute Gasteiger partial charge is 0.496 e. The summed E-state index contributed by atoms with van der Waals surface area (Å²) in [6, 6.07) is 14.4. The first-order valence-electron chi connectivity index (χ1n) is 8.61. The monoisotopic (exact) mass is 487 g/mol. The molecule has 0 aliphatic carbocycles. The van der Waals surface area contributed by atoms with E-state index in [2.05, 4.69) is 15.6 Å². The summed E-state index contributed by atoms with van der Waals surface area (Å²) in [6.45, 7) is 2.35. The molecule has 0 amide bonds. The van der Waals surface area contributed by atoms with E-state index in [4.69, 9.17) is 9.47 Å². The van der Waals surface area contributed by atoms with Crippen LogP contribution in [0.5, 0.6) is 5.75 Å². The lowest BCUT2D eigenvalue weighted by molar-refractivity contribution is 0.123. The molecule has 2 rings (SSSR count). The van der Waals surface area contributed by atoms with Crippen LogP contribution in [0.15, 0.2) is 53.5 Å². The molecular weight excluding hydrogens is 460 g/mol. The lowest BCUT2D eigenvalue weighted by atomic mass is 10.1. The number of para-hydroxylation sites is 1. The van der Waals surface area contributed by atoms with Crippen molar-refractivity contribution in [2.24, 2.45) is 4.99 Å². The topological polar surface area (TPSA) is 54.9 Å². The second-order valence-corrected chi connectivity index (χ2v) is 5.67. The minimum absolute atomic E-state index is 0. The molecule has 0 atom stereocenters. The predicted octanol–water partition coefficient (Wildman–Crippen LogP) is 3.38. The summed E-state index contributed by atoms with van der Waals surface area (Å²) < 4.78 is 24.1. The fraction of sp³-hybridized carbons (Fsp3) is 0.350. The van der Waals surface area contributed by atoms with Gasteiger partial charge >= 0.3 is 0 Å². The van der Waals surface area contributed by atoms with Crippen LogP contribution >= 0.6 is 24.0 Å². The second kappa shape index (κ2) is 13.3. The maximum absolute atomic E-state index is 13.2.